The minimum absolute atomic E-state index is 0.0994. The van der Waals surface area contributed by atoms with Gasteiger partial charge in [-0.15, -0.1) is 0 Å². The van der Waals surface area contributed by atoms with E-state index in [1.54, 1.807) is 23.1 Å². The Bertz CT molecular complexity index is 721. The Morgan fingerprint density at radius 3 is 2.81 bits per heavy atom. The number of hydrogen-bond acceptors (Lipinski definition) is 5. The number of carbonyl (C=O) groups is 2. The molecule has 2 saturated heterocycles. The van der Waals surface area contributed by atoms with Gasteiger partial charge in [-0.25, -0.2) is 0 Å². The molecule has 3 aliphatic heterocycles. The van der Waals surface area contributed by atoms with Crippen molar-refractivity contribution in [2.75, 3.05) is 40.0 Å². The van der Waals surface area contributed by atoms with E-state index in [9.17, 15) is 9.59 Å². The van der Waals surface area contributed by atoms with Gasteiger partial charge in [-0.2, -0.15) is 0 Å². The Morgan fingerprint density at radius 2 is 1.96 bits per heavy atom. The highest BCUT2D eigenvalue weighted by Gasteiger charge is 2.38. The lowest BCUT2D eigenvalue weighted by molar-refractivity contribution is -0.137. The van der Waals surface area contributed by atoms with Gasteiger partial charge in [-0.1, -0.05) is 0 Å². The van der Waals surface area contributed by atoms with Crippen LogP contribution in [0.2, 0.25) is 0 Å². The first-order valence-electron chi connectivity index (χ1n) is 9.81. The first-order valence-corrected chi connectivity index (χ1v) is 9.81. The van der Waals surface area contributed by atoms with Crippen molar-refractivity contribution in [2.24, 2.45) is 5.92 Å². The Hall–Kier alpha value is -2.28. The van der Waals surface area contributed by atoms with Crippen molar-refractivity contribution in [3.63, 3.8) is 0 Å². The zero-order chi connectivity index (χ0) is 18.8. The molecule has 0 aromatic heterocycles. The van der Waals surface area contributed by atoms with Crippen LogP contribution >= 0.6 is 0 Å². The number of rotatable bonds is 4. The minimum Gasteiger partial charge on any atom is -0.454 e. The second-order valence-corrected chi connectivity index (χ2v) is 7.57. The van der Waals surface area contributed by atoms with Gasteiger partial charge < -0.3 is 24.6 Å². The molecular weight excluding hydrogens is 346 g/mol. The molecule has 0 saturated carbocycles. The standard InChI is InChI=1S/C20H27N3O4/c1-21-11-14-4-2-8-22(12-14)20(25)16-5-3-9-23(16)19(24)15-6-7-17-18(10-15)27-13-26-17/h6-7,10,14,16,21H,2-5,8-9,11-13H2,1H3. The fourth-order valence-electron chi connectivity index (χ4n) is 4.39. The molecule has 3 heterocycles. The fourth-order valence-corrected chi connectivity index (χ4v) is 4.39. The number of nitrogens with zero attached hydrogens (tertiary/aromatic N) is 2. The maximum absolute atomic E-state index is 13.2. The largest absolute Gasteiger partial charge is 0.454 e. The number of piperidine rings is 1. The molecule has 1 aromatic carbocycles. The van der Waals surface area contributed by atoms with Crippen molar-refractivity contribution in [1.82, 2.24) is 15.1 Å². The molecule has 7 heteroatoms. The van der Waals surface area contributed by atoms with E-state index >= 15 is 0 Å². The molecule has 2 amide bonds. The second kappa shape index (κ2) is 7.76. The van der Waals surface area contributed by atoms with Crippen LogP contribution in [0.3, 0.4) is 0 Å². The Kier molecular flexibility index (Phi) is 5.20. The third-order valence-corrected chi connectivity index (χ3v) is 5.74. The molecule has 1 aromatic rings. The molecule has 2 unspecified atom stereocenters. The molecule has 0 aliphatic carbocycles. The summed E-state index contributed by atoms with van der Waals surface area (Å²) in [4.78, 5) is 29.9. The van der Waals surface area contributed by atoms with Crippen LogP contribution in [0.15, 0.2) is 18.2 Å². The molecule has 3 aliphatic rings. The number of benzene rings is 1. The lowest BCUT2D eigenvalue weighted by Crippen LogP contribution is -2.51. The summed E-state index contributed by atoms with van der Waals surface area (Å²) in [5.41, 5.74) is 0.547. The summed E-state index contributed by atoms with van der Waals surface area (Å²) >= 11 is 0. The highest BCUT2D eigenvalue weighted by Crippen LogP contribution is 2.33. The van der Waals surface area contributed by atoms with E-state index in [1.165, 1.54) is 0 Å². The summed E-state index contributed by atoms with van der Waals surface area (Å²) in [7, 11) is 1.95. The van der Waals surface area contributed by atoms with Crippen molar-refractivity contribution in [2.45, 2.75) is 31.7 Å². The number of amides is 2. The van der Waals surface area contributed by atoms with E-state index in [2.05, 4.69) is 5.32 Å². The molecule has 0 radical (unpaired) electrons. The van der Waals surface area contributed by atoms with Crippen LogP contribution < -0.4 is 14.8 Å². The zero-order valence-electron chi connectivity index (χ0n) is 15.8. The summed E-state index contributed by atoms with van der Waals surface area (Å²) in [6, 6.07) is 4.87. The molecule has 0 bridgehead atoms. The van der Waals surface area contributed by atoms with Gasteiger partial charge in [0.2, 0.25) is 12.7 Å². The smallest absolute Gasteiger partial charge is 0.254 e. The van der Waals surface area contributed by atoms with Gasteiger partial charge >= 0.3 is 0 Å². The number of carbonyl (C=O) groups excluding carboxylic acids is 2. The highest BCUT2D eigenvalue weighted by atomic mass is 16.7. The number of ether oxygens (including phenoxy) is 2. The molecule has 2 fully saturated rings. The minimum atomic E-state index is -0.351. The summed E-state index contributed by atoms with van der Waals surface area (Å²) in [5.74, 6) is 1.74. The lowest BCUT2D eigenvalue weighted by atomic mass is 9.97. The van der Waals surface area contributed by atoms with Gasteiger partial charge in [-0.3, -0.25) is 9.59 Å². The van der Waals surface area contributed by atoms with Gasteiger partial charge in [0.1, 0.15) is 6.04 Å². The van der Waals surface area contributed by atoms with Gasteiger partial charge in [0.05, 0.1) is 0 Å². The van der Waals surface area contributed by atoms with Gasteiger partial charge in [-0.05, 0) is 63.4 Å². The molecular formula is C20H27N3O4. The molecule has 7 nitrogen and oxygen atoms in total. The maximum atomic E-state index is 13.2. The van der Waals surface area contributed by atoms with Crippen molar-refractivity contribution < 1.29 is 19.1 Å². The predicted molar refractivity (Wildman–Crippen MR) is 99.9 cm³/mol. The van der Waals surface area contributed by atoms with Crippen LogP contribution in [-0.2, 0) is 4.79 Å². The van der Waals surface area contributed by atoms with Crippen LogP contribution in [0.4, 0.5) is 0 Å². The highest BCUT2D eigenvalue weighted by molar-refractivity contribution is 5.98. The SMILES string of the molecule is CNCC1CCCN(C(=O)C2CCCN2C(=O)c2ccc3c(c2)OCO3)C1. The number of likely N-dealkylation sites (tertiary alicyclic amines) is 2. The molecule has 27 heavy (non-hydrogen) atoms. The number of hydrogen-bond donors (Lipinski definition) is 1. The van der Waals surface area contributed by atoms with Crippen LogP contribution in [-0.4, -0.2) is 67.7 Å². The van der Waals surface area contributed by atoms with Crippen molar-refractivity contribution in [3.05, 3.63) is 23.8 Å². The van der Waals surface area contributed by atoms with Gasteiger partial charge in [0.25, 0.3) is 5.91 Å². The first kappa shape index (κ1) is 18.1. The zero-order valence-corrected chi connectivity index (χ0v) is 15.8. The summed E-state index contributed by atoms with van der Waals surface area (Å²) in [6.45, 7) is 3.30. The van der Waals surface area contributed by atoms with Gasteiger partial charge in [0.15, 0.2) is 11.5 Å². The molecule has 0 spiro atoms. The monoisotopic (exact) mass is 373 g/mol. The van der Waals surface area contributed by atoms with Crippen molar-refractivity contribution in [1.29, 1.82) is 0 Å². The predicted octanol–water partition coefficient (Wildman–Crippen LogP) is 1.48. The van der Waals surface area contributed by atoms with Crippen LogP contribution in [0.25, 0.3) is 0 Å². The Labute approximate surface area is 159 Å². The summed E-state index contributed by atoms with van der Waals surface area (Å²) in [6.07, 6.45) is 3.78. The Morgan fingerprint density at radius 1 is 1.15 bits per heavy atom. The van der Waals surface area contributed by atoms with Crippen molar-refractivity contribution >= 4 is 11.8 Å². The quantitative estimate of drug-likeness (QED) is 0.866. The van der Waals surface area contributed by atoms with E-state index in [-0.39, 0.29) is 24.6 Å². The molecule has 2 atom stereocenters. The van der Waals surface area contributed by atoms with E-state index in [0.29, 0.717) is 29.5 Å². The fraction of sp³-hybridized carbons (Fsp3) is 0.600. The number of fused-ring (bicyclic) bond motifs is 1. The Balaban J connectivity index is 1.46. The normalized spacial score (nSPS) is 24.3. The molecule has 1 N–H and O–H groups in total. The van der Waals surface area contributed by atoms with E-state index in [4.69, 9.17) is 9.47 Å². The molecule has 4 rings (SSSR count). The van der Waals surface area contributed by atoms with Crippen LogP contribution in [0.5, 0.6) is 11.5 Å². The van der Waals surface area contributed by atoms with Gasteiger partial charge in [0, 0.05) is 25.2 Å². The van der Waals surface area contributed by atoms with E-state index in [1.807, 2.05) is 11.9 Å². The van der Waals surface area contributed by atoms with E-state index in [0.717, 1.165) is 45.3 Å². The summed E-state index contributed by atoms with van der Waals surface area (Å²) in [5, 5.41) is 3.21. The van der Waals surface area contributed by atoms with Crippen LogP contribution in [0, 0.1) is 5.92 Å². The maximum Gasteiger partial charge on any atom is 0.254 e. The third kappa shape index (κ3) is 3.60. The second-order valence-electron chi connectivity index (χ2n) is 7.57. The average Bonchev–Trinajstić information content (AvgIpc) is 3.36. The first-order chi connectivity index (χ1) is 13.2. The average molecular weight is 373 g/mol. The lowest BCUT2D eigenvalue weighted by Gasteiger charge is -2.36. The van der Waals surface area contributed by atoms with Crippen LogP contribution in [0.1, 0.15) is 36.0 Å². The summed E-state index contributed by atoms with van der Waals surface area (Å²) < 4.78 is 10.7. The van der Waals surface area contributed by atoms with E-state index < -0.39 is 0 Å². The topological polar surface area (TPSA) is 71.1 Å². The molecule has 146 valence electrons. The van der Waals surface area contributed by atoms with Crippen molar-refractivity contribution in [3.8, 4) is 11.5 Å². The third-order valence-electron chi connectivity index (χ3n) is 5.74. The number of nitrogens with one attached hydrogen (secondary N) is 1.